The van der Waals surface area contributed by atoms with Gasteiger partial charge in [-0.05, 0) is 39.2 Å². The monoisotopic (exact) mass is 344 g/mol. The lowest BCUT2D eigenvalue weighted by Crippen LogP contribution is -2.47. The van der Waals surface area contributed by atoms with E-state index < -0.39 is 6.10 Å². The van der Waals surface area contributed by atoms with Crippen molar-refractivity contribution in [3.63, 3.8) is 0 Å². The molecule has 134 valence electrons. The van der Waals surface area contributed by atoms with Crippen molar-refractivity contribution in [3.05, 3.63) is 34.8 Å². The smallest absolute Gasteiger partial charge is 0.334 e. The normalized spacial score (nSPS) is 36.5. The summed E-state index contributed by atoms with van der Waals surface area (Å²) in [7, 11) is 0. The zero-order valence-electron chi connectivity index (χ0n) is 15.1. The van der Waals surface area contributed by atoms with Gasteiger partial charge >= 0.3 is 11.9 Å². The van der Waals surface area contributed by atoms with Crippen LogP contribution in [0, 0.1) is 24.2 Å². The minimum Gasteiger partial charge on any atom is -0.465 e. The van der Waals surface area contributed by atoms with Crippen molar-refractivity contribution >= 4 is 11.9 Å². The first-order valence-electron chi connectivity index (χ1n) is 9.01. The molecule has 0 aromatic carbocycles. The highest BCUT2D eigenvalue weighted by Crippen LogP contribution is 2.66. The number of carbonyl (C=O) groups excluding carboxylic acids is 2. The summed E-state index contributed by atoms with van der Waals surface area (Å²) in [6.45, 7) is 7.63. The van der Waals surface area contributed by atoms with Crippen molar-refractivity contribution in [2.75, 3.05) is 0 Å². The van der Waals surface area contributed by atoms with Crippen molar-refractivity contribution in [2.24, 2.45) is 17.3 Å². The highest BCUT2D eigenvalue weighted by molar-refractivity contribution is 5.88. The molecule has 0 bridgehead atoms. The van der Waals surface area contributed by atoms with Crippen molar-refractivity contribution in [3.8, 4) is 0 Å². The Morgan fingerprint density at radius 2 is 2.16 bits per heavy atom. The number of furan rings is 1. The zero-order valence-corrected chi connectivity index (χ0v) is 15.1. The number of esters is 2. The second kappa shape index (κ2) is 5.48. The summed E-state index contributed by atoms with van der Waals surface area (Å²) in [4.78, 5) is 25.0. The topological polar surface area (TPSA) is 65.7 Å². The number of allylic oxidation sites excluding steroid dienone is 1. The van der Waals surface area contributed by atoms with E-state index in [0.29, 0.717) is 11.3 Å². The van der Waals surface area contributed by atoms with E-state index in [9.17, 15) is 9.59 Å². The lowest BCUT2D eigenvalue weighted by Gasteiger charge is -2.49. The summed E-state index contributed by atoms with van der Waals surface area (Å²) in [6, 6.07) is 0. The predicted octanol–water partition coefficient (Wildman–Crippen LogP) is 4.17. The van der Waals surface area contributed by atoms with Crippen molar-refractivity contribution in [1.29, 1.82) is 0 Å². The average Bonchev–Trinajstić information content (AvgIpc) is 3.09. The molecule has 0 spiro atoms. The lowest BCUT2D eigenvalue weighted by atomic mass is 9.54. The quantitative estimate of drug-likeness (QED) is 0.595. The molecule has 0 N–H and O–H groups in total. The summed E-state index contributed by atoms with van der Waals surface area (Å²) in [5.74, 6) is 0.0805. The van der Waals surface area contributed by atoms with Gasteiger partial charge in [-0.15, -0.1) is 0 Å². The molecule has 1 saturated heterocycles. The Morgan fingerprint density at radius 3 is 2.88 bits per heavy atom. The predicted molar refractivity (Wildman–Crippen MR) is 89.5 cm³/mol. The molecule has 2 fully saturated rings. The van der Waals surface area contributed by atoms with E-state index in [1.807, 2.05) is 13.8 Å². The van der Waals surface area contributed by atoms with Crippen LogP contribution in [0.4, 0.5) is 0 Å². The van der Waals surface area contributed by atoms with Crippen LogP contribution in [-0.2, 0) is 19.1 Å². The minimum absolute atomic E-state index is 0.0226. The summed E-state index contributed by atoms with van der Waals surface area (Å²) in [6.07, 6.45) is 5.31. The number of fused-ring (bicyclic) bond motifs is 2. The van der Waals surface area contributed by atoms with Gasteiger partial charge in [0.05, 0.1) is 12.2 Å². The van der Waals surface area contributed by atoms with Crippen molar-refractivity contribution in [2.45, 2.75) is 59.2 Å². The van der Waals surface area contributed by atoms with Gasteiger partial charge in [-0.25, -0.2) is 4.79 Å². The van der Waals surface area contributed by atoms with Crippen LogP contribution in [-0.4, -0.2) is 11.9 Å². The molecule has 2 aliphatic carbocycles. The molecular formula is C20H24O5. The van der Waals surface area contributed by atoms with Gasteiger partial charge in [-0.1, -0.05) is 19.4 Å². The van der Waals surface area contributed by atoms with Gasteiger partial charge in [0.2, 0.25) is 0 Å². The van der Waals surface area contributed by atoms with Crippen LogP contribution in [0.15, 0.2) is 22.3 Å². The molecule has 25 heavy (non-hydrogen) atoms. The number of ether oxygens (including phenoxy) is 2. The highest BCUT2D eigenvalue weighted by atomic mass is 16.6. The Hall–Kier alpha value is -2.04. The SMILES string of the molecule is CC=C(C)C(=O)O[C@H]1c2occ(C)c2[C@@H]2OC(=O)[C@H]3CCC[C@H]1[C@@]32C. The minimum atomic E-state index is -0.468. The lowest BCUT2D eigenvalue weighted by molar-refractivity contribution is -0.161. The van der Waals surface area contributed by atoms with Crippen molar-refractivity contribution in [1.82, 2.24) is 0 Å². The maximum Gasteiger partial charge on any atom is 0.334 e. The largest absolute Gasteiger partial charge is 0.465 e. The Kier molecular flexibility index (Phi) is 3.60. The molecule has 5 nitrogen and oxygen atoms in total. The van der Waals surface area contributed by atoms with Gasteiger partial charge in [0.15, 0.2) is 11.9 Å². The first-order valence-corrected chi connectivity index (χ1v) is 9.01. The van der Waals surface area contributed by atoms with Gasteiger partial charge in [-0.3, -0.25) is 4.79 Å². The summed E-state index contributed by atoms with van der Waals surface area (Å²) in [5.41, 5.74) is 2.06. The molecule has 0 amide bonds. The van der Waals surface area contributed by atoms with Crippen molar-refractivity contribution < 1.29 is 23.5 Å². The molecule has 4 rings (SSSR count). The highest BCUT2D eigenvalue weighted by Gasteiger charge is 2.66. The fraction of sp³-hybridized carbons (Fsp3) is 0.600. The Morgan fingerprint density at radius 1 is 1.40 bits per heavy atom. The Labute approximate surface area is 147 Å². The van der Waals surface area contributed by atoms with E-state index in [4.69, 9.17) is 13.9 Å². The molecule has 2 heterocycles. The van der Waals surface area contributed by atoms with E-state index in [-0.39, 0.29) is 35.3 Å². The standard InChI is InChI=1S/C20H24O5/c1-5-10(2)18(21)24-15-12-7-6-8-13-19(22)25-17(20(12,13)4)14-11(3)9-23-16(14)15/h5,9,12-13,15,17H,6-8H2,1-4H3/t12-,13-,15-,17+,20+/m1/s1. The molecule has 5 heteroatoms. The molecule has 3 aliphatic rings. The third kappa shape index (κ3) is 2.07. The molecule has 0 unspecified atom stereocenters. The van der Waals surface area contributed by atoms with Gasteiger partial charge in [0.25, 0.3) is 0 Å². The van der Waals surface area contributed by atoms with E-state index in [0.717, 1.165) is 30.4 Å². The summed E-state index contributed by atoms with van der Waals surface area (Å²) >= 11 is 0. The molecule has 1 aliphatic heterocycles. The van der Waals surface area contributed by atoms with E-state index in [2.05, 4.69) is 6.92 Å². The Bertz CT molecular complexity index is 773. The Balaban J connectivity index is 1.84. The van der Waals surface area contributed by atoms with Crippen LogP contribution in [0.3, 0.4) is 0 Å². The molecule has 1 aromatic rings. The zero-order chi connectivity index (χ0) is 17.9. The van der Waals surface area contributed by atoms with Crippen LogP contribution < -0.4 is 0 Å². The van der Waals surface area contributed by atoms with Gasteiger partial charge in [0, 0.05) is 22.5 Å². The summed E-state index contributed by atoms with van der Waals surface area (Å²) in [5, 5.41) is 0. The summed E-state index contributed by atoms with van der Waals surface area (Å²) < 4.78 is 17.5. The number of aryl methyl sites for hydroxylation is 1. The van der Waals surface area contributed by atoms with Gasteiger partial charge < -0.3 is 13.9 Å². The fourth-order valence-electron chi connectivity index (χ4n) is 5.02. The van der Waals surface area contributed by atoms with E-state index in [1.54, 1.807) is 19.3 Å². The number of carbonyl (C=O) groups is 2. The van der Waals surface area contributed by atoms with Gasteiger partial charge in [0.1, 0.15) is 6.10 Å². The average molecular weight is 344 g/mol. The number of hydrogen-bond acceptors (Lipinski definition) is 5. The fourth-order valence-corrected chi connectivity index (χ4v) is 5.02. The van der Waals surface area contributed by atoms with Crippen LogP contribution in [0.25, 0.3) is 0 Å². The second-order valence-corrected chi connectivity index (χ2v) is 7.77. The maximum atomic E-state index is 12.5. The number of rotatable bonds is 2. The molecular weight excluding hydrogens is 320 g/mol. The van der Waals surface area contributed by atoms with E-state index in [1.165, 1.54) is 0 Å². The van der Waals surface area contributed by atoms with Crippen LogP contribution >= 0.6 is 0 Å². The second-order valence-electron chi connectivity index (χ2n) is 7.77. The molecule has 5 atom stereocenters. The van der Waals surface area contributed by atoms with Crippen LogP contribution in [0.1, 0.15) is 69.1 Å². The molecule has 1 aromatic heterocycles. The maximum absolute atomic E-state index is 12.5. The van der Waals surface area contributed by atoms with E-state index >= 15 is 0 Å². The van der Waals surface area contributed by atoms with Crippen LogP contribution in [0.5, 0.6) is 0 Å². The van der Waals surface area contributed by atoms with Gasteiger partial charge in [-0.2, -0.15) is 0 Å². The van der Waals surface area contributed by atoms with Crippen LogP contribution in [0.2, 0.25) is 0 Å². The first-order chi connectivity index (χ1) is 11.9. The third-order valence-electron chi connectivity index (χ3n) is 6.57. The number of hydrogen-bond donors (Lipinski definition) is 0. The third-order valence-corrected chi connectivity index (χ3v) is 6.57. The molecule has 1 saturated carbocycles. The molecule has 0 radical (unpaired) electrons. The first kappa shape index (κ1) is 16.4.